The van der Waals surface area contributed by atoms with Crippen LogP contribution in [0.15, 0.2) is 35.0 Å². The van der Waals surface area contributed by atoms with Crippen LogP contribution in [0.4, 0.5) is 0 Å². The first-order chi connectivity index (χ1) is 9.72. The summed E-state index contributed by atoms with van der Waals surface area (Å²) in [6.45, 7) is 2.80. The molecule has 0 saturated carbocycles. The number of hydrogen-bond donors (Lipinski definition) is 1. The highest BCUT2D eigenvalue weighted by Gasteiger charge is 2.25. The van der Waals surface area contributed by atoms with Crippen molar-refractivity contribution >= 4 is 29.5 Å². The fourth-order valence-electron chi connectivity index (χ4n) is 2.10. The summed E-state index contributed by atoms with van der Waals surface area (Å²) in [5, 5.41) is 3.46. The molecule has 0 unspecified atom stereocenters. The van der Waals surface area contributed by atoms with Gasteiger partial charge in [0.15, 0.2) is 0 Å². The van der Waals surface area contributed by atoms with Crippen molar-refractivity contribution in [3.63, 3.8) is 0 Å². The van der Waals surface area contributed by atoms with Crippen molar-refractivity contribution < 1.29 is 9.53 Å². The van der Waals surface area contributed by atoms with Gasteiger partial charge >= 0.3 is 0 Å². The van der Waals surface area contributed by atoms with Gasteiger partial charge in [-0.3, -0.25) is 10.1 Å². The maximum atomic E-state index is 11.9. The summed E-state index contributed by atoms with van der Waals surface area (Å²) >= 11 is 5.84. The van der Waals surface area contributed by atoms with Crippen molar-refractivity contribution in [3.05, 3.63) is 40.5 Å². The van der Waals surface area contributed by atoms with E-state index in [2.05, 4.69) is 10.3 Å². The lowest BCUT2D eigenvalue weighted by atomic mass is 10.2. The Balaban J connectivity index is 1.80. The van der Waals surface area contributed by atoms with Crippen molar-refractivity contribution in [2.45, 2.75) is 0 Å². The topological polar surface area (TPSA) is 53.9 Å². The number of aliphatic imine (C=N–C) groups is 1. The van der Waals surface area contributed by atoms with Gasteiger partial charge in [0.05, 0.1) is 13.2 Å². The fraction of sp³-hybridized carbons (Fsp3) is 0.286. The van der Waals surface area contributed by atoms with Crippen LogP contribution in [0.5, 0.6) is 0 Å². The van der Waals surface area contributed by atoms with Crippen LogP contribution in [-0.4, -0.2) is 43.1 Å². The number of halogens is 1. The third kappa shape index (κ3) is 2.84. The third-order valence-corrected chi connectivity index (χ3v) is 3.42. The van der Waals surface area contributed by atoms with E-state index in [4.69, 9.17) is 16.3 Å². The average molecular weight is 292 g/mol. The quantitative estimate of drug-likeness (QED) is 0.798. The molecule has 3 rings (SSSR count). The highest BCUT2D eigenvalue weighted by Crippen LogP contribution is 2.16. The van der Waals surface area contributed by atoms with Crippen LogP contribution in [-0.2, 0) is 9.53 Å². The highest BCUT2D eigenvalue weighted by atomic mass is 35.5. The van der Waals surface area contributed by atoms with Crippen LogP contribution in [0.25, 0.3) is 6.08 Å². The Morgan fingerprint density at radius 3 is 2.65 bits per heavy atom. The predicted molar refractivity (Wildman–Crippen MR) is 77.4 cm³/mol. The van der Waals surface area contributed by atoms with E-state index in [0.717, 1.165) is 18.7 Å². The molecule has 1 N–H and O–H groups in total. The average Bonchev–Trinajstić information content (AvgIpc) is 2.84. The summed E-state index contributed by atoms with van der Waals surface area (Å²) in [5.41, 5.74) is 1.31. The van der Waals surface area contributed by atoms with E-state index in [0.29, 0.717) is 29.9 Å². The van der Waals surface area contributed by atoms with Gasteiger partial charge in [0, 0.05) is 18.1 Å². The molecule has 1 fully saturated rings. The molecule has 1 aromatic carbocycles. The van der Waals surface area contributed by atoms with E-state index in [1.807, 2.05) is 17.0 Å². The molecule has 2 aliphatic heterocycles. The fourth-order valence-corrected chi connectivity index (χ4v) is 2.22. The van der Waals surface area contributed by atoms with Gasteiger partial charge in [-0.2, -0.15) is 0 Å². The Labute approximate surface area is 121 Å². The molecule has 5 nitrogen and oxygen atoms in total. The molecule has 104 valence electrons. The molecule has 1 saturated heterocycles. The summed E-state index contributed by atoms with van der Waals surface area (Å²) in [4.78, 5) is 18.3. The zero-order chi connectivity index (χ0) is 13.9. The molecule has 6 heteroatoms. The molecule has 20 heavy (non-hydrogen) atoms. The summed E-state index contributed by atoms with van der Waals surface area (Å²) < 4.78 is 5.28. The number of amides is 1. The maximum Gasteiger partial charge on any atom is 0.276 e. The second-order valence-corrected chi connectivity index (χ2v) is 5.01. The molecule has 2 aliphatic rings. The molecular weight excluding hydrogens is 278 g/mol. The molecule has 0 spiro atoms. The minimum absolute atomic E-state index is 0.179. The van der Waals surface area contributed by atoms with E-state index in [-0.39, 0.29) is 5.91 Å². The third-order valence-electron chi connectivity index (χ3n) is 3.17. The van der Waals surface area contributed by atoms with Crippen molar-refractivity contribution in [1.82, 2.24) is 10.2 Å². The van der Waals surface area contributed by atoms with E-state index >= 15 is 0 Å². The molecule has 0 bridgehead atoms. The number of nitrogens with one attached hydrogen (secondary N) is 1. The number of carbonyl (C=O) groups is 1. The summed E-state index contributed by atoms with van der Waals surface area (Å²) in [6, 6.07) is 7.27. The number of nitrogens with zero attached hydrogens (tertiary/aromatic N) is 2. The Hall–Kier alpha value is -1.85. The lowest BCUT2D eigenvalue weighted by Gasteiger charge is -2.27. The molecule has 0 aromatic heterocycles. The predicted octanol–water partition coefficient (Wildman–Crippen LogP) is 1.50. The van der Waals surface area contributed by atoms with Crippen molar-refractivity contribution in [2.24, 2.45) is 4.99 Å². The molecule has 0 atom stereocenters. The number of benzene rings is 1. The Morgan fingerprint density at radius 1 is 1.25 bits per heavy atom. The summed E-state index contributed by atoms with van der Waals surface area (Å²) in [6.07, 6.45) is 1.75. The number of hydrogen-bond acceptors (Lipinski definition) is 4. The first-order valence-electron chi connectivity index (χ1n) is 6.42. The van der Waals surface area contributed by atoms with Crippen molar-refractivity contribution in [1.29, 1.82) is 0 Å². The minimum atomic E-state index is -0.179. The van der Waals surface area contributed by atoms with Crippen LogP contribution in [0.2, 0.25) is 5.02 Å². The molecule has 0 aliphatic carbocycles. The number of carbonyl (C=O) groups excluding carboxylic acids is 1. The smallest absolute Gasteiger partial charge is 0.276 e. The summed E-state index contributed by atoms with van der Waals surface area (Å²) in [5.74, 6) is 0.431. The zero-order valence-electron chi connectivity index (χ0n) is 10.8. The number of guanidine groups is 1. The van der Waals surface area contributed by atoms with Crippen LogP contribution < -0.4 is 5.32 Å². The van der Waals surface area contributed by atoms with Crippen LogP contribution in [0.3, 0.4) is 0 Å². The Kier molecular flexibility index (Phi) is 3.71. The SMILES string of the molecule is O=C1NC(N2CCOCC2)=N/C1=C\c1ccc(Cl)cc1. The second kappa shape index (κ2) is 5.64. The van der Waals surface area contributed by atoms with Gasteiger partial charge in [0.2, 0.25) is 5.96 Å². The molecule has 2 heterocycles. The van der Waals surface area contributed by atoms with E-state index in [1.54, 1.807) is 18.2 Å². The number of rotatable bonds is 1. The van der Waals surface area contributed by atoms with E-state index in [1.165, 1.54) is 0 Å². The standard InChI is InChI=1S/C14H14ClN3O2/c15-11-3-1-10(2-4-11)9-12-13(19)17-14(16-12)18-5-7-20-8-6-18/h1-4,9H,5-8H2,(H,16,17,19)/b12-9-. The van der Waals surface area contributed by atoms with Crippen molar-refractivity contribution in [2.75, 3.05) is 26.3 Å². The lowest BCUT2D eigenvalue weighted by molar-refractivity contribution is -0.115. The van der Waals surface area contributed by atoms with Gasteiger partial charge in [0.25, 0.3) is 5.91 Å². The monoisotopic (exact) mass is 291 g/mol. The molecular formula is C14H14ClN3O2. The first kappa shape index (κ1) is 13.1. The van der Waals surface area contributed by atoms with Gasteiger partial charge in [0.1, 0.15) is 5.70 Å². The van der Waals surface area contributed by atoms with Gasteiger partial charge < -0.3 is 9.64 Å². The van der Waals surface area contributed by atoms with Gasteiger partial charge in [-0.15, -0.1) is 0 Å². The van der Waals surface area contributed by atoms with Gasteiger partial charge in [-0.25, -0.2) is 4.99 Å². The van der Waals surface area contributed by atoms with Gasteiger partial charge in [-0.1, -0.05) is 23.7 Å². The van der Waals surface area contributed by atoms with E-state index < -0.39 is 0 Å². The zero-order valence-corrected chi connectivity index (χ0v) is 11.6. The lowest BCUT2D eigenvalue weighted by Crippen LogP contribution is -2.46. The van der Waals surface area contributed by atoms with Crippen LogP contribution >= 0.6 is 11.6 Å². The Morgan fingerprint density at radius 2 is 1.95 bits per heavy atom. The Bertz CT molecular complexity index is 575. The van der Waals surface area contributed by atoms with Crippen LogP contribution in [0, 0.1) is 0 Å². The largest absolute Gasteiger partial charge is 0.378 e. The second-order valence-electron chi connectivity index (χ2n) is 4.57. The molecule has 1 amide bonds. The van der Waals surface area contributed by atoms with Crippen molar-refractivity contribution in [3.8, 4) is 0 Å². The number of morpholine rings is 1. The molecule has 0 radical (unpaired) electrons. The first-order valence-corrected chi connectivity index (χ1v) is 6.80. The molecule has 1 aromatic rings. The normalized spacial score (nSPS) is 21.1. The van der Waals surface area contributed by atoms with E-state index in [9.17, 15) is 4.79 Å². The minimum Gasteiger partial charge on any atom is -0.378 e. The summed E-state index contributed by atoms with van der Waals surface area (Å²) in [7, 11) is 0. The maximum absolute atomic E-state index is 11.9. The number of ether oxygens (including phenoxy) is 1. The highest BCUT2D eigenvalue weighted by molar-refractivity contribution is 6.30. The van der Waals surface area contributed by atoms with Gasteiger partial charge in [-0.05, 0) is 23.8 Å². The van der Waals surface area contributed by atoms with Crippen LogP contribution in [0.1, 0.15) is 5.56 Å².